The number of nitrogens with zero attached hydrogens (tertiary/aromatic N) is 2. The molecule has 3 heterocycles. The molecule has 1 N–H and O–H groups in total. The summed E-state index contributed by atoms with van der Waals surface area (Å²) in [6, 6.07) is 5.18. The lowest BCUT2D eigenvalue weighted by Crippen LogP contribution is -2.47. The van der Waals surface area contributed by atoms with Gasteiger partial charge in [0.1, 0.15) is 17.1 Å². The maximum atomic E-state index is 12.9. The first-order valence-electron chi connectivity index (χ1n) is 11.7. The van der Waals surface area contributed by atoms with Crippen LogP contribution in [-0.4, -0.2) is 73.0 Å². The van der Waals surface area contributed by atoms with Crippen LogP contribution in [0.15, 0.2) is 18.2 Å². The second-order valence-electron chi connectivity index (χ2n) is 9.04. The molecule has 4 rings (SSSR count). The fourth-order valence-corrected chi connectivity index (χ4v) is 4.80. The number of ether oxygens (including phenoxy) is 2. The van der Waals surface area contributed by atoms with Crippen molar-refractivity contribution in [2.75, 3.05) is 39.8 Å². The molecule has 1 aromatic carbocycles. The van der Waals surface area contributed by atoms with Crippen LogP contribution in [0.2, 0.25) is 0 Å². The van der Waals surface area contributed by atoms with E-state index in [1.807, 2.05) is 4.90 Å². The molecule has 174 valence electrons. The van der Waals surface area contributed by atoms with E-state index in [4.69, 9.17) is 9.47 Å². The lowest BCUT2D eigenvalue weighted by atomic mass is 9.94. The van der Waals surface area contributed by atoms with Crippen LogP contribution in [0, 0.1) is 0 Å². The van der Waals surface area contributed by atoms with Gasteiger partial charge >= 0.3 is 0 Å². The number of hydrogen-bond acceptors (Lipinski definition) is 5. The molecule has 1 atom stereocenters. The Hall–Kier alpha value is -2.77. The smallest absolute Gasteiger partial charge is 0.255 e. The minimum Gasteiger partial charge on any atom is -0.497 e. The Labute approximate surface area is 189 Å². The number of amides is 3. The lowest BCUT2D eigenvalue weighted by Gasteiger charge is -2.32. The molecule has 3 aliphatic heterocycles. The summed E-state index contributed by atoms with van der Waals surface area (Å²) in [5.41, 5.74) is -0.246. The van der Waals surface area contributed by atoms with E-state index in [1.165, 1.54) is 6.42 Å². The third-order valence-electron chi connectivity index (χ3n) is 6.85. The SMILES string of the molecule is COc1ccc2c(c1)C(=O)NC[C@@]1(CCC(=O)N(CC(=O)N3CCCCCCC3)CC1)O2. The molecule has 1 aromatic rings. The van der Waals surface area contributed by atoms with Gasteiger partial charge in [-0.3, -0.25) is 14.4 Å². The third kappa shape index (κ3) is 5.00. The zero-order valence-electron chi connectivity index (χ0n) is 18.9. The van der Waals surface area contributed by atoms with E-state index in [0.29, 0.717) is 43.0 Å². The quantitative estimate of drug-likeness (QED) is 0.775. The highest BCUT2D eigenvalue weighted by molar-refractivity contribution is 5.97. The van der Waals surface area contributed by atoms with Crippen molar-refractivity contribution >= 4 is 17.7 Å². The molecule has 32 heavy (non-hydrogen) atoms. The van der Waals surface area contributed by atoms with E-state index >= 15 is 0 Å². The predicted molar refractivity (Wildman–Crippen MR) is 119 cm³/mol. The van der Waals surface area contributed by atoms with E-state index in [9.17, 15) is 14.4 Å². The van der Waals surface area contributed by atoms with Gasteiger partial charge in [-0.25, -0.2) is 0 Å². The van der Waals surface area contributed by atoms with E-state index in [1.54, 1.807) is 30.2 Å². The summed E-state index contributed by atoms with van der Waals surface area (Å²) in [6.45, 7) is 2.43. The average Bonchev–Trinajstić information content (AvgIpc) is 3.00. The first kappa shape index (κ1) is 22.4. The summed E-state index contributed by atoms with van der Waals surface area (Å²) in [4.78, 5) is 42.0. The predicted octanol–water partition coefficient (Wildman–Crippen LogP) is 2.36. The highest BCUT2D eigenvalue weighted by atomic mass is 16.5. The lowest BCUT2D eigenvalue weighted by molar-refractivity contribution is -0.140. The van der Waals surface area contributed by atoms with Crippen molar-refractivity contribution in [3.05, 3.63) is 23.8 Å². The van der Waals surface area contributed by atoms with Gasteiger partial charge in [-0.15, -0.1) is 0 Å². The fourth-order valence-electron chi connectivity index (χ4n) is 4.80. The number of methoxy groups -OCH3 is 1. The largest absolute Gasteiger partial charge is 0.497 e. The molecular formula is C24H33N3O5. The van der Waals surface area contributed by atoms with Crippen molar-refractivity contribution in [1.82, 2.24) is 15.1 Å². The Bertz CT molecular complexity index is 865. The second-order valence-corrected chi connectivity index (χ2v) is 9.04. The standard InChI is InChI=1S/C24H33N3O5/c1-31-18-7-8-20-19(15-18)23(30)25-17-24(32-20)10-9-21(28)27(14-11-24)16-22(29)26-12-5-3-2-4-6-13-26/h7-8,15H,2-6,9-14,16-17H2,1H3,(H,25,30)/t24-/m0/s1. The van der Waals surface area contributed by atoms with E-state index < -0.39 is 5.60 Å². The van der Waals surface area contributed by atoms with Crippen LogP contribution >= 0.6 is 0 Å². The van der Waals surface area contributed by atoms with Crippen LogP contribution in [0.4, 0.5) is 0 Å². The maximum Gasteiger partial charge on any atom is 0.255 e. The molecule has 3 aliphatic rings. The van der Waals surface area contributed by atoms with Crippen molar-refractivity contribution < 1.29 is 23.9 Å². The minimum atomic E-state index is -0.677. The summed E-state index contributed by atoms with van der Waals surface area (Å²) < 4.78 is 11.6. The zero-order chi connectivity index (χ0) is 22.6. The van der Waals surface area contributed by atoms with Gasteiger partial charge in [0.05, 0.1) is 25.8 Å². The van der Waals surface area contributed by atoms with Crippen LogP contribution < -0.4 is 14.8 Å². The van der Waals surface area contributed by atoms with Crippen LogP contribution in [0.25, 0.3) is 0 Å². The van der Waals surface area contributed by atoms with Gasteiger partial charge in [0, 0.05) is 32.5 Å². The summed E-state index contributed by atoms with van der Waals surface area (Å²) in [7, 11) is 1.55. The number of carbonyl (C=O) groups excluding carboxylic acids is 3. The zero-order valence-corrected chi connectivity index (χ0v) is 18.9. The Kier molecular flexibility index (Phi) is 6.86. The van der Waals surface area contributed by atoms with Crippen LogP contribution in [0.1, 0.15) is 61.7 Å². The van der Waals surface area contributed by atoms with Gasteiger partial charge < -0.3 is 24.6 Å². The van der Waals surface area contributed by atoms with E-state index in [0.717, 1.165) is 38.8 Å². The topological polar surface area (TPSA) is 88.2 Å². The molecule has 0 aliphatic carbocycles. The maximum absolute atomic E-state index is 12.9. The van der Waals surface area contributed by atoms with Crippen molar-refractivity contribution in [2.45, 2.75) is 57.0 Å². The number of hydrogen-bond donors (Lipinski definition) is 1. The van der Waals surface area contributed by atoms with Crippen molar-refractivity contribution in [3.63, 3.8) is 0 Å². The van der Waals surface area contributed by atoms with Gasteiger partial charge in [-0.1, -0.05) is 19.3 Å². The molecule has 3 amide bonds. The third-order valence-corrected chi connectivity index (χ3v) is 6.85. The molecule has 8 nitrogen and oxygen atoms in total. The summed E-state index contributed by atoms with van der Waals surface area (Å²) in [5.74, 6) is 0.873. The first-order chi connectivity index (χ1) is 15.5. The number of fused-ring (bicyclic) bond motifs is 1. The summed E-state index contributed by atoms with van der Waals surface area (Å²) in [5, 5.41) is 2.95. The molecule has 0 bridgehead atoms. The first-order valence-corrected chi connectivity index (χ1v) is 11.7. The normalized spacial score (nSPS) is 24.4. The van der Waals surface area contributed by atoms with Gasteiger partial charge in [-0.2, -0.15) is 0 Å². The van der Waals surface area contributed by atoms with Gasteiger partial charge in [0.15, 0.2) is 0 Å². The average molecular weight is 444 g/mol. The van der Waals surface area contributed by atoms with Crippen LogP contribution in [0.3, 0.4) is 0 Å². The van der Waals surface area contributed by atoms with Crippen molar-refractivity contribution in [1.29, 1.82) is 0 Å². The molecule has 8 heteroatoms. The van der Waals surface area contributed by atoms with E-state index in [2.05, 4.69) is 5.32 Å². The van der Waals surface area contributed by atoms with Crippen molar-refractivity contribution in [2.24, 2.45) is 0 Å². The number of nitrogens with one attached hydrogen (secondary N) is 1. The molecule has 1 spiro atoms. The van der Waals surface area contributed by atoms with Gasteiger partial charge in [-0.05, 0) is 37.5 Å². The molecule has 2 fully saturated rings. The number of benzene rings is 1. The van der Waals surface area contributed by atoms with Gasteiger partial charge in [0.25, 0.3) is 5.91 Å². The second kappa shape index (κ2) is 9.79. The Morgan fingerprint density at radius 1 is 1.09 bits per heavy atom. The Morgan fingerprint density at radius 2 is 1.84 bits per heavy atom. The Balaban J connectivity index is 1.44. The highest BCUT2D eigenvalue weighted by Gasteiger charge is 2.41. The fraction of sp³-hybridized carbons (Fsp3) is 0.625. The molecule has 0 aromatic heterocycles. The minimum absolute atomic E-state index is 0.0311. The summed E-state index contributed by atoms with van der Waals surface area (Å²) in [6.07, 6.45) is 6.94. The highest BCUT2D eigenvalue weighted by Crippen LogP contribution is 2.35. The van der Waals surface area contributed by atoms with Crippen molar-refractivity contribution in [3.8, 4) is 11.5 Å². The number of rotatable bonds is 3. The van der Waals surface area contributed by atoms with Gasteiger partial charge in [0.2, 0.25) is 11.8 Å². The molecular weight excluding hydrogens is 410 g/mol. The summed E-state index contributed by atoms with van der Waals surface area (Å²) >= 11 is 0. The monoisotopic (exact) mass is 443 g/mol. The van der Waals surface area contributed by atoms with Crippen LogP contribution in [-0.2, 0) is 9.59 Å². The van der Waals surface area contributed by atoms with E-state index in [-0.39, 0.29) is 30.7 Å². The number of carbonyl (C=O) groups is 3. The number of likely N-dealkylation sites (tertiary alicyclic amines) is 2. The Morgan fingerprint density at radius 3 is 2.59 bits per heavy atom. The molecule has 2 saturated heterocycles. The van der Waals surface area contributed by atoms with Crippen LogP contribution in [0.5, 0.6) is 11.5 Å². The molecule has 0 radical (unpaired) electrons. The molecule has 0 unspecified atom stereocenters. The molecule has 0 saturated carbocycles.